The van der Waals surface area contributed by atoms with Crippen molar-refractivity contribution in [3.05, 3.63) is 22.3 Å². The molecule has 2 rings (SSSR count). The Hall–Kier alpha value is -0.180. The normalized spacial score (nSPS) is 20.6. The zero-order valence-corrected chi connectivity index (χ0v) is 11.8. The van der Waals surface area contributed by atoms with Gasteiger partial charge >= 0.3 is 0 Å². The first-order valence-electron chi connectivity index (χ1n) is 5.86. The maximum absolute atomic E-state index is 6.21. The topological polar surface area (TPSA) is 16.1 Å². The Kier molecular flexibility index (Phi) is 4.78. The van der Waals surface area contributed by atoms with Gasteiger partial charge in [-0.25, -0.2) is 4.98 Å². The van der Waals surface area contributed by atoms with Crippen LogP contribution in [0.1, 0.15) is 25.7 Å². The van der Waals surface area contributed by atoms with Crippen LogP contribution in [-0.2, 0) is 0 Å². The van der Waals surface area contributed by atoms with Crippen LogP contribution in [0, 0.1) is 0 Å². The van der Waals surface area contributed by atoms with Gasteiger partial charge in [0.15, 0.2) is 0 Å². The predicted molar refractivity (Wildman–Crippen MR) is 74.6 cm³/mol. The van der Waals surface area contributed by atoms with Crippen LogP contribution >= 0.6 is 34.8 Å². The van der Waals surface area contributed by atoms with E-state index in [1.165, 1.54) is 12.8 Å². The lowest BCUT2D eigenvalue weighted by Crippen LogP contribution is -2.40. The van der Waals surface area contributed by atoms with E-state index in [1.54, 1.807) is 12.3 Å². The summed E-state index contributed by atoms with van der Waals surface area (Å²) in [5, 5.41) is 1.20. The highest BCUT2D eigenvalue weighted by molar-refractivity contribution is 6.36. The Labute approximate surface area is 117 Å². The fraction of sp³-hybridized carbons (Fsp3) is 0.583. The van der Waals surface area contributed by atoms with Gasteiger partial charge in [0.1, 0.15) is 5.82 Å². The fourth-order valence-electron chi connectivity index (χ4n) is 2.32. The van der Waals surface area contributed by atoms with E-state index in [1.807, 2.05) is 0 Å². The van der Waals surface area contributed by atoms with E-state index in [9.17, 15) is 0 Å². The number of nitrogens with zero attached hydrogens (tertiary/aromatic N) is 2. The van der Waals surface area contributed by atoms with E-state index < -0.39 is 0 Å². The number of pyridine rings is 1. The molecule has 0 bridgehead atoms. The molecule has 0 saturated carbocycles. The molecule has 1 aliphatic heterocycles. The second-order valence-electron chi connectivity index (χ2n) is 4.28. The number of halogens is 3. The second kappa shape index (κ2) is 6.12. The number of hydrogen-bond donors (Lipinski definition) is 0. The van der Waals surface area contributed by atoms with Gasteiger partial charge < -0.3 is 4.90 Å². The summed E-state index contributed by atoms with van der Waals surface area (Å²) in [5.41, 5.74) is 0. The number of rotatable bonds is 3. The molecule has 1 fully saturated rings. The number of piperidine rings is 1. The number of anilines is 1. The Morgan fingerprint density at radius 1 is 1.35 bits per heavy atom. The van der Waals surface area contributed by atoms with Gasteiger partial charge in [-0.3, -0.25) is 0 Å². The molecule has 0 aliphatic carbocycles. The summed E-state index contributed by atoms with van der Waals surface area (Å²) >= 11 is 17.9. The van der Waals surface area contributed by atoms with Crippen molar-refractivity contribution in [1.82, 2.24) is 4.98 Å². The molecule has 1 aromatic heterocycles. The standard InChI is InChI=1S/C12H15Cl3N2/c13-5-4-10-3-1-2-6-17(10)12-11(15)7-9(14)8-16-12/h7-8,10H,1-6H2. The summed E-state index contributed by atoms with van der Waals surface area (Å²) in [5.74, 6) is 1.51. The van der Waals surface area contributed by atoms with Crippen molar-refractivity contribution < 1.29 is 0 Å². The summed E-state index contributed by atoms with van der Waals surface area (Å²) in [4.78, 5) is 6.62. The molecule has 2 heterocycles. The van der Waals surface area contributed by atoms with Gasteiger partial charge in [0, 0.05) is 24.7 Å². The first kappa shape index (κ1) is 13.3. The number of hydrogen-bond acceptors (Lipinski definition) is 2. The first-order valence-corrected chi connectivity index (χ1v) is 7.15. The molecule has 0 radical (unpaired) electrons. The van der Waals surface area contributed by atoms with E-state index in [0.29, 0.717) is 22.0 Å². The van der Waals surface area contributed by atoms with Crippen LogP contribution < -0.4 is 4.90 Å². The summed E-state index contributed by atoms with van der Waals surface area (Å²) in [7, 11) is 0. The largest absolute Gasteiger partial charge is 0.352 e. The summed E-state index contributed by atoms with van der Waals surface area (Å²) in [6.07, 6.45) is 6.22. The summed E-state index contributed by atoms with van der Waals surface area (Å²) in [6.45, 7) is 0.996. The monoisotopic (exact) mass is 292 g/mol. The molecule has 1 aliphatic rings. The third kappa shape index (κ3) is 3.18. The van der Waals surface area contributed by atoms with E-state index >= 15 is 0 Å². The van der Waals surface area contributed by atoms with Crippen LogP contribution in [0.4, 0.5) is 5.82 Å². The van der Waals surface area contributed by atoms with Gasteiger partial charge in [-0.15, -0.1) is 11.6 Å². The van der Waals surface area contributed by atoms with Gasteiger partial charge in [-0.1, -0.05) is 23.2 Å². The molecule has 0 spiro atoms. The maximum atomic E-state index is 6.21. The van der Waals surface area contributed by atoms with Crippen molar-refractivity contribution in [2.24, 2.45) is 0 Å². The van der Waals surface area contributed by atoms with Gasteiger partial charge in [-0.05, 0) is 31.7 Å². The van der Waals surface area contributed by atoms with Gasteiger partial charge in [0.25, 0.3) is 0 Å². The Balaban J connectivity index is 2.23. The highest BCUT2D eigenvalue weighted by Crippen LogP contribution is 2.31. The molecule has 1 aromatic rings. The van der Waals surface area contributed by atoms with Gasteiger partial charge in [-0.2, -0.15) is 0 Å². The average Bonchev–Trinajstić information content (AvgIpc) is 2.31. The van der Waals surface area contributed by atoms with Crippen molar-refractivity contribution in [3.8, 4) is 0 Å². The minimum atomic E-state index is 0.451. The van der Waals surface area contributed by atoms with Crippen LogP contribution in [0.25, 0.3) is 0 Å². The van der Waals surface area contributed by atoms with E-state index in [2.05, 4.69) is 9.88 Å². The van der Waals surface area contributed by atoms with Crippen LogP contribution in [-0.4, -0.2) is 23.5 Å². The lowest BCUT2D eigenvalue weighted by atomic mass is 10.00. The van der Waals surface area contributed by atoms with E-state index in [0.717, 1.165) is 25.2 Å². The molecule has 1 atom stereocenters. The number of aromatic nitrogens is 1. The van der Waals surface area contributed by atoms with Crippen LogP contribution in [0.15, 0.2) is 12.3 Å². The Morgan fingerprint density at radius 2 is 2.18 bits per heavy atom. The highest BCUT2D eigenvalue weighted by Gasteiger charge is 2.24. The third-order valence-electron chi connectivity index (χ3n) is 3.13. The highest BCUT2D eigenvalue weighted by atomic mass is 35.5. The zero-order valence-electron chi connectivity index (χ0n) is 9.50. The molecule has 2 nitrogen and oxygen atoms in total. The lowest BCUT2D eigenvalue weighted by molar-refractivity contribution is 0.448. The third-order valence-corrected chi connectivity index (χ3v) is 3.83. The van der Waals surface area contributed by atoms with Crippen LogP contribution in [0.3, 0.4) is 0 Å². The van der Waals surface area contributed by atoms with Crippen LogP contribution in [0.2, 0.25) is 10.0 Å². The van der Waals surface area contributed by atoms with Gasteiger partial charge in [0.2, 0.25) is 0 Å². The van der Waals surface area contributed by atoms with Crippen LogP contribution in [0.5, 0.6) is 0 Å². The average molecular weight is 294 g/mol. The Morgan fingerprint density at radius 3 is 2.88 bits per heavy atom. The Bertz CT molecular complexity index is 382. The number of alkyl halides is 1. The fourth-order valence-corrected chi connectivity index (χ4v) is 3.06. The molecule has 5 heteroatoms. The second-order valence-corrected chi connectivity index (χ2v) is 5.50. The molecule has 1 unspecified atom stereocenters. The first-order chi connectivity index (χ1) is 8.22. The molecule has 17 heavy (non-hydrogen) atoms. The minimum absolute atomic E-state index is 0.451. The van der Waals surface area contributed by atoms with Crippen molar-refractivity contribution in [3.63, 3.8) is 0 Å². The van der Waals surface area contributed by atoms with Crippen molar-refractivity contribution in [1.29, 1.82) is 0 Å². The minimum Gasteiger partial charge on any atom is -0.352 e. The molecule has 94 valence electrons. The summed E-state index contributed by atoms with van der Waals surface area (Å²) < 4.78 is 0. The zero-order chi connectivity index (χ0) is 12.3. The quantitative estimate of drug-likeness (QED) is 0.769. The van der Waals surface area contributed by atoms with E-state index in [4.69, 9.17) is 34.8 Å². The van der Waals surface area contributed by atoms with E-state index in [-0.39, 0.29) is 0 Å². The van der Waals surface area contributed by atoms with Crippen molar-refractivity contribution >= 4 is 40.6 Å². The summed E-state index contributed by atoms with van der Waals surface area (Å²) in [6, 6.07) is 2.20. The predicted octanol–water partition coefficient (Wildman–Crippen LogP) is 4.38. The maximum Gasteiger partial charge on any atom is 0.147 e. The van der Waals surface area contributed by atoms with Crippen molar-refractivity contribution in [2.45, 2.75) is 31.7 Å². The lowest BCUT2D eigenvalue weighted by Gasteiger charge is -2.36. The molecule has 0 N–H and O–H groups in total. The molecule has 0 aromatic carbocycles. The molecule has 1 saturated heterocycles. The molecular formula is C12H15Cl3N2. The van der Waals surface area contributed by atoms with Gasteiger partial charge in [0.05, 0.1) is 10.0 Å². The molecule has 0 amide bonds. The molecular weight excluding hydrogens is 279 g/mol. The SMILES string of the molecule is ClCCC1CCCCN1c1ncc(Cl)cc1Cl. The smallest absolute Gasteiger partial charge is 0.147 e. The van der Waals surface area contributed by atoms with Crippen molar-refractivity contribution in [2.75, 3.05) is 17.3 Å².